The van der Waals surface area contributed by atoms with Gasteiger partial charge in [-0.3, -0.25) is 5.73 Å². The van der Waals surface area contributed by atoms with Crippen molar-refractivity contribution in [3.63, 3.8) is 0 Å². The molecule has 0 aromatic heterocycles. The summed E-state index contributed by atoms with van der Waals surface area (Å²) in [4.78, 5) is 0. The minimum absolute atomic E-state index is 0.224. The summed E-state index contributed by atoms with van der Waals surface area (Å²) in [6.07, 6.45) is 0.679. The van der Waals surface area contributed by atoms with Gasteiger partial charge in [0.15, 0.2) is 4.46 Å². The Morgan fingerprint density at radius 2 is 1.21 bits per heavy atom. The molecule has 1 nitrogen and oxygen atoms in total. The van der Waals surface area contributed by atoms with Gasteiger partial charge in [0.1, 0.15) is 0 Å². The van der Waals surface area contributed by atoms with E-state index in [-0.39, 0.29) is 18.2 Å². The molecule has 2 N–H and O–H groups in total. The average Bonchev–Trinajstić information content (AvgIpc) is 1.75. The smallest absolute Gasteiger partial charge is 0.170 e. The molecule has 14 heavy (non-hydrogen) atoms. The van der Waals surface area contributed by atoms with Gasteiger partial charge in [-0.25, -0.2) is 0 Å². The lowest BCUT2D eigenvalue weighted by molar-refractivity contribution is 0.696. The van der Waals surface area contributed by atoms with Crippen molar-refractivity contribution in [1.82, 2.24) is 0 Å². The normalized spacial score (nSPS) is 15.0. The fourth-order valence-corrected chi connectivity index (χ4v) is 5.79. The van der Waals surface area contributed by atoms with Gasteiger partial charge in [-0.1, -0.05) is 72.7 Å². The van der Waals surface area contributed by atoms with E-state index < -0.39 is 4.46 Å². The third-order valence-corrected chi connectivity index (χ3v) is 6.68. The van der Waals surface area contributed by atoms with Crippen LogP contribution >= 0.6 is 31.1 Å². The SMILES string of the molecule is CC(C)(C)P(CC(N)(Cl)Cl)C(C)(C)C. The molecule has 4 heteroatoms. The molecule has 0 aromatic carbocycles. The molecule has 0 spiro atoms. The summed E-state index contributed by atoms with van der Waals surface area (Å²) >= 11 is 11.8. The van der Waals surface area contributed by atoms with Crippen LogP contribution in [0.25, 0.3) is 0 Å². The van der Waals surface area contributed by atoms with Crippen LogP contribution in [0.15, 0.2) is 0 Å². The van der Waals surface area contributed by atoms with E-state index in [1.54, 1.807) is 0 Å². The Bertz CT molecular complexity index is 172. The largest absolute Gasteiger partial charge is 0.300 e. The topological polar surface area (TPSA) is 26.0 Å². The van der Waals surface area contributed by atoms with Crippen molar-refractivity contribution in [3.8, 4) is 0 Å². The number of halogens is 2. The first-order valence-corrected chi connectivity index (χ1v) is 7.07. The van der Waals surface area contributed by atoms with E-state index in [2.05, 4.69) is 41.5 Å². The second kappa shape index (κ2) is 4.45. The van der Waals surface area contributed by atoms with Crippen LogP contribution in [0.2, 0.25) is 0 Å². The van der Waals surface area contributed by atoms with E-state index in [4.69, 9.17) is 28.9 Å². The van der Waals surface area contributed by atoms with Crippen LogP contribution in [-0.2, 0) is 0 Å². The Morgan fingerprint density at radius 3 is 1.29 bits per heavy atom. The van der Waals surface area contributed by atoms with E-state index in [1.807, 2.05) is 0 Å². The Labute approximate surface area is 99.5 Å². The van der Waals surface area contributed by atoms with Crippen LogP contribution in [0.3, 0.4) is 0 Å². The summed E-state index contributed by atoms with van der Waals surface area (Å²) in [6.45, 7) is 13.4. The molecule has 0 atom stereocenters. The molecule has 0 radical (unpaired) electrons. The van der Waals surface area contributed by atoms with Gasteiger partial charge in [-0.15, -0.1) is 0 Å². The minimum atomic E-state index is -1.09. The fraction of sp³-hybridized carbons (Fsp3) is 1.00. The molecular weight excluding hydrogens is 236 g/mol. The Balaban J connectivity index is 4.78. The molecule has 0 saturated heterocycles. The molecular formula is C10H22Cl2NP. The summed E-state index contributed by atoms with van der Waals surface area (Å²) in [5.41, 5.74) is 5.68. The van der Waals surface area contributed by atoms with E-state index >= 15 is 0 Å². The van der Waals surface area contributed by atoms with Crippen molar-refractivity contribution in [2.45, 2.75) is 56.3 Å². The predicted octanol–water partition coefficient (Wildman–Crippen LogP) is 4.16. The standard InChI is InChI=1S/C10H22Cl2NP/c1-8(2,3)14(9(4,5)6)7-10(11,12)13/h7,13H2,1-6H3. The summed E-state index contributed by atoms with van der Waals surface area (Å²) in [6, 6.07) is 0. The minimum Gasteiger partial charge on any atom is -0.300 e. The van der Waals surface area contributed by atoms with E-state index in [9.17, 15) is 0 Å². The highest BCUT2D eigenvalue weighted by molar-refractivity contribution is 7.61. The molecule has 0 aromatic rings. The summed E-state index contributed by atoms with van der Waals surface area (Å²) < 4.78 is -1.09. The quantitative estimate of drug-likeness (QED) is 0.449. The molecule has 0 heterocycles. The zero-order chi connectivity index (χ0) is 11.8. The molecule has 0 fully saturated rings. The number of alkyl halides is 2. The number of nitrogens with two attached hydrogens (primary N) is 1. The molecule has 0 unspecified atom stereocenters. The average molecular weight is 258 g/mol. The van der Waals surface area contributed by atoms with Crippen molar-refractivity contribution in [2.24, 2.45) is 5.73 Å². The summed E-state index contributed by atoms with van der Waals surface area (Å²) in [5.74, 6) is 0. The second-order valence-corrected chi connectivity index (χ2v) is 11.1. The fourth-order valence-electron chi connectivity index (χ4n) is 1.69. The lowest BCUT2D eigenvalue weighted by atomic mass is 10.2. The third kappa shape index (κ3) is 5.75. The monoisotopic (exact) mass is 257 g/mol. The van der Waals surface area contributed by atoms with E-state index in [0.29, 0.717) is 6.16 Å². The van der Waals surface area contributed by atoms with Crippen LogP contribution in [0.1, 0.15) is 41.5 Å². The van der Waals surface area contributed by atoms with E-state index in [0.717, 1.165) is 0 Å². The zero-order valence-electron chi connectivity index (χ0n) is 9.99. The van der Waals surface area contributed by atoms with Gasteiger partial charge >= 0.3 is 0 Å². The lowest BCUT2D eigenvalue weighted by Crippen LogP contribution is -2.37. The molecule has 0 aliphatic carbocycles. The van der Waals surface area contributed by atoms with Crippen LogP contribution < -0.4 is 5.73 Å². The summed E-state index contributed by atoms with van der Waals surface area (Å²) in [7, 11) is -0.320. The van der Waals surface area contributed by atoms with Crippen molar-refractivity contribution in [2.75, 3.05) is 6.16 Å². The van der Waals surface area contributed by atoms with Gasteiger partial charge in [0.05, 0.1) is 0 Å². The first-order valence-electron chi connectivity index (χ1n) is 4.78. The van der Waals surface area contributed by atoms with Crippen molar-refractivity contribution < 1.29 is 0 Å². The van der Waals surface area contributed by atoms with Crippen LogP contribution in [0.4, 0.5) is 0 Å². The Morgan fingerprint density at radius 1 is 0.929 bits per heavy atom. The van der Waals surface area contributed by atoms with Crippen LogP contribution in [0.5, 0.6) is 0 Å². The van der Waals surface area contributed by atoms with Crippen molar-refractivity contribution in [3.05, 3.63) is 0 Å². The van der Waals surface area contributed by atoms with Gasteiger partial charge in [-0.2, -0.15) is 0 Å². The first kappa shape index (κ1) is 15.0. The molecule has 0 rings (SSSR count). The van der Waals surface area contributed by atoms with Crippen LogP contribution in [-0.4, -0.2) is 20.9 Å². The molecule has 0 aliphatic heterocycles. The maximum Gasteiger partial charge on any atom is 0.170 e. The summed E-state index contributed by atoms with van der Waals surface area (Å²) in [5, 5.41) is 0.448. The lowest BCUT2D eigenvalue weighted by Gasteiger charge is -2.43. The molecule has 0 bridgehead atoms. The predicted molar refractivity (Wildman–Crippen MR) is 69.9 cm³/mol. The highest BCUT2D eigenvalue weighted by Gasteiger charge is 2.38. The van der Waals surface area contributed by atoms with Gasteiger partial charge in [0.2, 0.25) is 0 Å². The molecule has 0 amide bonds. The maximum absolute atomic E-state index is 5.90. The highest BCUT2D eigenvalue weighted by Crippen LogP contribution is 2.60. The second-order valence-electron chi connectivity index (χ2n) is 5.69. The van der Waals surface area contributed by atoms with Gasteiger partial charge in [-0.05, 0) is 10.3 Å². The number of hydrogen-bond acceptors (Lipinski definition) is 1. The van der Waals surface area contributed by atoms with Crippen molar-refractivity contribution in [1.29, 1.82) is 0 Å². The first-order chi connectivity index (χ1) is 5.84. The maximum atomic E-state index is 5.90. The molecule has 0 aliphatic rings. The number of rotatable bonds is 2. The van der Waals surface area contributed by atoms with Crippen molar-refractivity contribution >= 4 is 31.1 Å². The van der Waals surface area contributed by atoms with E-state index in [1.165, 1.54) is 0 Å². The number of hydrogen-bond donors (Lipinski definition) is 1. The third-order valence-electron chi connectivity index (χ3n) is 1.99. The molecule has 86 valence electrons. The Hall–Kier alpha value is 0.970. The van der Waals surface area contributed by atoms with Gasteiger partial charge in [0.25, 0.3) is 0 Å². The highest BCUT2D eigenvalue weighted by atomic mass is 35.5. The van der Waals surface area contributed by atoms with Gasteiger partial charge in [0, 0.05) is 6.16 Å². The van der Waals surface area contributed by atoms with Gasteiger partial charge < -0.3 is 0 Å². The van der Waals surface area contributed by atoms with Crippen LogP contribution in [0, 0.1) is 0 Å². The Kier molecular flexibility index (Phi) is 4.76. The zero-order valence-corrected chi connectivity index (χ0v) is 12.4. The molecule has 0 saturated carbocycles.